The van der Waals surface area contributed by atoms with E-state index in [4.69, 9.17) is 0 Å². The van der Waals surface area contributed by atoms with Crippen molar-refractivity contribution in [3.63, 3.8) is 0 Å². The number of carbonyl (C=O) groups is 1. The van der Waals surface area contributed by atoms with E-state index >= 15 is 0 Å². The SMILES string of the molecule is CC(O)C1CCCN(C(=O)C2CC2c2c(F)cccc2F)C1. The van der Waals surface area contributed by atoms with Gasteiger partial charge in [-0.1, -0.05) is 6.07 Å². The molecule has 1 aliphatic heterocycles. The normalized spacial score (nSPS) is 29.3. The fourth-order valence-corrected chi connectivity index (χ4v) is 3.49. The highest BCUT2D eigenvalue weighted by molar-refractivity contribution is 5.83. The van der Waals surface area contributed by atoms with Gasteiger partial charge in [-0.2, -0.15) is 0 Å². The minimum atomic E-state index is -0.569. The zero-order valence-corrected chi connectivity index (χ0v) is 12.6. The van der Waals surface area contributed by atoms with Gasteiger partial charge in [-0.05, 0) is 38.3 Å². The van der Waals surface area contributed by atoms with Crippen molar-refractivity contribution in [2.45, 2.75) is 38.2 Å². The van der Waals surface area contributed by atoms with Crippen LogP contribution in [0.4, 0.5) is 8.78 Å². The van der Waals surface area contributed by atoms with Crippen LogP contribution in [0.1, 0.15) is 37.7 Å². The first kappa shape index (κ1) is 15.4. The van der Waals surface area contributed by atoms with Crippen LogP contribution in [0.3, 0.4) is 0 Å². The van der Waals surface area contributed by atoms with Crippen molar-refractivity contribution in [2.75, 3.05) is 13.1 Å². The van der Waals surface area contributed by atoms with Gasteiger partial charge in [0, 0.05) is 36.4 Å². The molecule has 2 fully saturated rings. The molecule has 0 aromatic heterocycles. The molecule has 3 nitrogen and oxygen atoms in total. The lowest BCUT2D eigenvalue weighted by Crippen LogP contribution is -2.43. The summed E-state index contributed by atoms with van der Waals surface area (Å²) in [6, 6.07) is 3.82. The second kappa shape index (κ2) is 5.95. The van der Waals surface area contributed by atoms with E-state index in [1.165, 1.54) is 18.2 Å². The number of piperidine rings is 1. The van der Waals surface area contributed by atoms with Gasteiger partial charge in [0.05, 0.1) is 6.10 Å². The summed E-state index contributed by atoms with van der Waals surface area (Å²) in [5, 5.41) is 9.70. The third kappa shape index (κ3) is 2.86. The van der Waals surface area contributed by atoms with Crippen molar-refractivity contribution >= 4 is 5.91 Å². The Hall–Kier alpha value is -1.49. The summed E-state index contributed by atoms with van der Waals surface area (Å²) in [5.74, 6) is -1.74. The molecular weight excluding hydrogens is 288 g/mol. The van der Waals surface area contributed by atoms with Crippen LogP contribution in [0.25, 0.3) is 0 Å². The van der Waals surface area contributed by atoms with Gasteiger partial charge in [-0.25, -0.2) is 8.78 Å². The van der Waals surface area contributed by atoms with Crippen molar-refractivity contribution in [3.8, 4) is 0 Å². The van der Waals surface area contributed by atoms with E-state index in [9.17, 15) is 18.7 Å². The number of amides is 1. The third-order valence-corrected chi connectivity index (χ3v) is 4.93. The second-order valence-electron chi connectivity index (χ2n) is 6.51. The molecule has 120 valence electrons. The zero-order valence-electron chi connectivity index (χ0n) is 12.6. The molecule has 0 radical (unpaired) electrons. The predicted molar refractivity (Wildman–Crippen MR) is 78.2 cm³/mol. The standard InChI is InChI=1S/C17H21F2NO2/c1-10(21)11-4-3-7-20(9-11)17(22)13-8-12(13)16-14(18)5-2-6-15(16)19/h2,5-6,10-13,21H,3-4,7-9H2,1H3. The first-order chi connectivity index (χ1) is 10.5. The molecular formula is C17H21F2NO2. The van der Waals surface area contributed by atoms with Crippen LogP contribution < -0.4 is 0 Å². The largest absolute Gasteiger partial charge is 0.393 e. The summed E-state index contributed by atoms with van der Waals surface area (Å²) in [6.45, 7) is 2.96. The summed E-state index contributed by atoms with van der Waals surface area (Å²) in [4.78, 5) is 14.3. The summed E-state index contributed by atoms with van der Waals surface area (Å²) in [7, 11) is 0. The first-order valence-electron chi connectivity index (χ1n) is 7.89. The lowest BCUT2D eigenvalue weighted by Gasteiger charge is -2.34. The molecule has 4 atom stereocenters. The van der Waals surface area contributed by atoms with Crippen LogP contribution >= 0.6 is 0 Å². The Morgan fingerprint density at radius 1 is 1.36 bits per heavy atom. The van der Waals surface area contributed by atoms with Crippen molar-refractivity contribution in [1.29, 1.82) is 0 Å². The van der Waals surface area contributed by atoms with Crippen molar-refractivity contribution in [2.24, 2.45) is 11.8 Å². The Labute approximate surface area is 128 Å². The maximum Gasteiger partial charge on any atom is 0.226 e. The molecule has 1 amide bonds. The van der Waals surface area contributed by atoms with Gasteiger partial charge in [0.1, 0.15) is 11.6 Å². The molecule has 5 heteroatoms. The van der Waals surface area contributed by atoms with Crippen LogP contribution in [0.5, 0.6) is 0 Å². The quantitative estimate of drug-likeness (QED) is 0.932. The van der Waals surface area contributed by atoms with Gasteiger partial charge in [-0.3, -0.25) is 4.79 Å². The van der Waals surface area contributed by atoms with Crippen molar-refractivity contribution < 1.29 is 18.7 Å². The smallest absolute Gasteiger partial charge is 0.226 e. The van der Waals surface area contributed by atoms with Crippen LogP contribution in [0.2, 0.25) is 0 Å². The predicted octanol–water partition coefficient (Wildman–Crippen LogP) is 2.69. The Morgan fingerprint density at radius 2 is 2.05 bits per heavy atom. The molecule has 1 N–H and O–H groups in total. The van der Waals surface area contributed by atoms with Crippen LogP contribution in [0.15, 0.2) is 18.2 Å². The third-order valence-electron chi connectivity index (χ3n) is 4.93. The minimum absolute atomic E-state index is 0.0296. The summed E-state index contributed by atoms with van der Waals surface area (Å²) in [5.41, 5.74) is 0.0462. The Balaban J connectivity index is 1.68. The maximum atomic E-state index is 13.8. The molecule has 3 rings (SSSR count). The topological polar surface area (TPSA) is 40.5 Å². The highest BCUT2D eigenvalue weighted by Crippen LogP contribution is 2.50. The number of aliphatic hydroxyl groups is 1. The van der Waals surface area contributed by atoms with E-state index in [2.05, 4.69) is 0 Å². The van der Waals surface area contributed by atoms with Gasteiger partial charge >= 0.3 is 0 Å². The number of halogens is 2. The lowest BCUT2D eigenvalue weighted by molar-refractivity contribution is -0.135. The number of nitrogens with zero attached hydrogens (tertiary/aromatic N) is 1. The molecule has 0 bridgehead atoms. The van der Waals surface area contributed by atoms with Gasteiger partial charge in [-0.15, -0.1) is 0 Å². The number of rotatable bonds is 3. The number of hydrogen-bond acceptors (Lipinski definition) is 2. The van der Waals surface area contributed by atoms with Crippen LogP contribution in [0, 0.1) is 23.5 Å². The number of benzene rings is 1. The molecule has 4 unspecified atom stereocenters. The fraction of sp³-hybridized carbons (Fsp3) is 0.588. The molecule has 0 spiro atoms. The van der Waals surface area contributed by atoms with E-state index in [1.807, 2.05) is 0 Å². The second-order valence-corrected chi connectivity index (χ2v) is 6.51. The molecule has 1 aromatic rings. The van der Waals surface area contributed by atoms with Crippen molar-refractivity contribution in [3.05, 3.63) is 35.4 Å². The van der Waals surface area contributed by atoms with Crippen LogP contribution in [-0.2, 0) is 4.79 Å². The van der Waals surface area contributed by atoms with Gasteiger partial charge in [0.2, 0.25) is 5.91 Å². The number of aliphatic hydroxyl groups excluding tert-OH is 1. The maximum absolute atomic E-state index is 13.8. The van der Waals surface area contributed by atoms with E-state index in [0.717, 1.165) is 12.8 Å². The average Bonchev–Trinajstić information content (AvgIpc) is 3.26. The highest BCUT2D eigenvalue weighted by Gasteiger charge is 2.48. The van der Waals surface area contributed by atoms with E-state index < -0.39 is 17.7 Å². The lowest BCUT2D eigenvalue weighted by atomic mass is 9.93. The molecule has 1 aromatic carbocycles. The van der Waals surface area contributed by atoms with Gasteiger partial charge in [0.15, 0.2) is 0 Å². The number of carbonyl (C=O) groups excluding carboxylic acids is 1. The fourth-order valence-electron chi connectivity index (χ4n) is 3.49. The summed E-state index contributed by atoms with van der Waals surface area (Å²) >= 11 is 0. The highest BCUT2D eigenvalue weighted by atomic mass is 19.1. The van der Waals surface area contributed by atoms with Gasteiger partial charge < -0.3 is 10.0 Å². The average molecular weight is 309 g/mol. The van der Waals surface area contributed by atoms with Gasteiger partial charge in [0.25, 0.3) is 0 Å². The summed E-state index contributed by atoms with van der Waals surface area (Å²) in [6.07, 6.45) is 1.85. The molecule has 1 heterocycles. The molecule has 1 aliphatic carbocycles. The monoisotopic (exact) mass is 309 g/mol. The molecule has 2 aliphatic rings. The number of hydrogen-bond donors (Lipinski definition) is 1. The number of likely N-dealkylation sites (tertiary alicyclic amines) is 1. The first-order valence-corrected chi connectivity index (χ1v) is 7.89. The van der Waals surface area contributed by atoms with E-state index in [0.29, 0.717) is 19.5 Å². The Kier molecular flexibility index (Phi) is 4.17. The molecule has 1 saturated heterocycles. The van der Waals surface area contributed by atoms with E-state index in [-0.39, 0.29) is 29.2 Å². The van der Waals surface area contributed by atoms with Crippen molar-refractivity contribution in [1.82, 2.24) is 4.90 Å². The Morgan fingerprint density at radius 3 is 2.68 bits per heavy atom. The van der Waals surface area contributed by atoms with E-state index in [1.54, 1.807) is 11.8 Å². The zero-order chi connectivity index (χ0) is 15.9. The Bertz CT molecular complexity index is 556. The van der Waals surface area contributed by atoms with Crippen LogP contribution in [-0.4, -0.2) is 35.1 Å². The summed E-state index contributed by atoms with van der Waals surface area (Å²) < 4.78 is 27.6. The minimum Gasteiger partial charge on any atom is -0.393 e. The molecule has 1 saturated carbocycles. The molecule has 22 heavy (non-hydrogen) atoms.